The fourth-order valence-electron chi connectivity index (χ4n) is 0.737. The molecule has 0 aromatic heterocycles. The standard InChI is InChI=1S/C8H17NO3/c1-4-12-8(11)7(10)5-6-9(2)3/h7,10H,4-6H2,1-3H3/t7-/m0/s1. The average Bonchev–Trinajstić information content (AvgIpc) is 2.00. The molecule has 12 heavy (non-hydrogen) atoms. The van der Waals surface area contributed by atoms with Crippen molar-refractivity contribution in [1.29, 1.82) is 0 Å². The van der Waals surface area contributed by atoms with Gasteiger partial charge < -0.3 is 14.7 Å². The lowest BCUT2D eigenvalue weighted by atomic mass is 10.2. The summed E-state index contributed by atoms with van der Waals surface area (Å²) in [4.78, 5) is 12.8. The molecule has 0 aliphatic rings. The molecular weight excluding hydrogens is 158 g/mol. The minimum atomic E-state index is -0.979. The van der Waals surface area contributed by atoms with E-state index in [1.54, 1.807) is 6.92 Å². The van der Waals surface area contributed by atoms with Gasteiger partial charge >= 0.3 is 5.97 Å². The van der Waals surface area contributed by atoms with E-state index in [0.29, 0.717) is 19.6 Å². The van der Waals surface area contributed by atoms with Gasteiger partial charge in [-0.1, -0.05) is 0 Å². The van der Waals surface area contributed by atoms with E-state index in [-0.39, 0.29) is 0 Å². The molecule has 4 nitrogen and oxygen atoms in total. The number of esters is 1. The number of carbonyl (C=O) groups excluding carboxylic acids is 1. The molecule has 0 saturated carbocycles. The molecule has 0 radical (unpaired) electrons. The first-order valence-electron chi connectivity index (χ1n) is 4.07. The van der Waals surface area contributed by atoms with Gasteiger partial charge in [0.05, 0.1) is 6.61 Å². The highest BCUT2D eigenvalue weighted by molar-refractivity contribution is 5.74. The van der Waals surface area contributed by atoms with Gasteiger partial charge in [0.2, 0.25) is 0 Å². The molecule has 0 heterocycles. The summed E-state index contributed by atoms with van der Waals surface area (Å²) >= 11 is 0. The second kappa shape index (κ2) is 5.97. The van der Waals surface area contributed by atoms with Gasteiger partial charge in [-0.2, -0.15) is 0 Å². The van der Waals surface area contributed by atoms with E-state index in [4.69, 9.17) is 0 Å². The van der Waals surface area contributed by atoms with Crippen LogP contribution in [0, 0.1) is 0 Å². The molecule has 0 amide bonds. The van der Waals surface area contributed by atoms with Gasteiger partial charge in [-0.15, -0.1) is 0 Å². The van der Waals surface area contributed by atoms with Crippen molar-refractivity contribution in [3.8, 4) is 0 Å². The van der Waals surface area contributed by atoms with E-state index in [1.165, 1.54) is 0 Å². The number of hydrogen-bond donors (Lipinski definition) is 1. The van der Waals surface area contributed by atoms with Crippen LogP contribution in [0.2, 0.25) is 0 Å². The van der Waals surface area contributed by atoms with Crippen LogP contribution in [-0.2, 0) is 9.53 Å². The number of aliphatic hydroxyl groups is 1. The highest BCUT2D eigenvalue weighted by Crippen LogP contribution is 1.95. The molecule has 0 aliphatic carbocycles. The van der Waals surface area contributed by atoms with Crippen LogP contribution in [-0.4, -0.2) is 49.3 Å². The average molecular weight is 175 g/mol. The van der Waals surface area contributed by atoms with E-state index in [2.05, 4.69) is 4.74 Å². The predicted octanol–water partition coefficient (Wildman–Crippen LogP) is -0.138. The van der Waals surface area contributed by atoms with Crippen molar-refractivity contribution in [3.05, 3.63) is 0 Å². The lowest BCUT2D eigenvalue weighted by Crippen LogP contribution is -2.27. The zero-order valence-corrected chi connectivity index (χ0v) is 7.91. The quantitative estimate of drug-likeness (QED) is 0.591. The van der Waals surface area contributed by atoms with Crippen LogP contribution >= 0.6 is 0 Å². The van der Waals surface area contributed by atoms with Crippen LogP contribution in [0.25, 0.3) is 0 Å². The molecule has 1 atom stereocenters. The van der Waals surface area contributed by atoms with E-state index < -0.39 is 12.1 Å². The maximum absolute atomic E-state index is 10.9. The molecule has 4 heteroatoms. The van der Waals surface area contributed by atoms with Crippen LogP contribution in [0.4, 0.5) is 0 Å². The number of hydrogen-bond acceptors (Lipinski definition) is 4. The maximum atomic E-state index is 10.9. The Labute approximate surface area is 73.1 Å². The summed E-state index contributed by atoms with van der Waals surface area (Å²) in [6, 6.07) is 0. The molecule has 0 fully saturated rings. The largest absolute Gasteiger partial charge is 0.464 e. The summed E-state index contributed by atoms with van der Waals surface area (Å²) < 4.78 is 4.63. The molecule has 0 rings (SSSR count). The van der Waals surface area contributed by atoms with Gasteiger partial charge in [0, 0.05) is 6.54 Å². The van der Waals surface area contributed by atoms with Crippen LogP contribution in [0.15, 0.2) is 0 Å². The second-order valence-corrected chi connectivity index (χ2v) is 2.86. The van der Waals surface area contributed by atoms with Crippen molar-refractivity contribution in [1.82, 2.24) is 4.90 Å². The molecular formula is C8H17NO3. The van der Waals surface area contributed by atoms with Gasteiger partial charge in [-0.3, -0.25) is 0 Å². The smallest absolute Gasteiger partial charge is 0.334 e. The van der Waals surface area contributed by atoms with Crippen LogP contribution in [0.5, 0.6) is 0 Å². The molecule has 1 N–H and O–H groups in total. The lowest BCUT2D eigenvalue weighted by molar-refractivity contribution is -0.153. The van der Waals surface area contributed by atoms with Crippen molar-refractivity contribution in [3.63, 3.8) is 0 Å². The van der Waals surface area contributed by atoms with Crippen molar-refractivity contribution < 1.29 is 14.6 Å². The number of aliphatic hydroxyl groups excluding tert-OH is 1. The van der Waals surface area contributed by atoms with Gasteiger partial charge in [-0.05, 0) is 27.4 Å². The molecule has 0 aliphatic heterocycles. The Morgan fingerprint density at radius 1 is 1.58 bits per heavy atom. The van der Waals surface area contributed by atoms with Crippen molar-refractivity contribution >= 4 is 5.97 Å². The first-order chi connectivity index (χ1) is 5.57. The third-order valence-corrected chi connectivity index (χ3v) is 1.41. The normalized spacial score (nSPS) is 13.1. The van der Waals surface area contributed by atoms with Crippen molar-refractivity contribution in [2.75, 3.05) is 27.2 Å². The van der Waals surface area contributed by atoms with Crippen LogP contribution < -0.4 is 0 Å². The van der Waals surface area contributed by atoms with E-state index in [9.17, 15) is 9.90 Å². The minimum absolute atomic E-state index is 0.317. The zero-order chi connectivity index (χ0) is 9.56. The van der Waals surface area contributed by atoms with Crippen molar-refractivity contribution in [2.24, 2.45) is 0 Å². The topological polar surface area (TPSA) is 49.8 Å². The van der Waals surface area contributed by atoms with Gasteiger partial charge in [0.25, 0.3) is 0 Å². The van der Waals surface area contributed by atoms with Crippen molar-refractivity contribution in [2.45, 2.75) is 19.4 Å². The third-order valence-electron chi connectivity index (χ3n) is 1.41. The highest BCUT2D eigenvalue weighted by atomic mass is 16.5. The Hall–Kier alpha value is -0.610. The lowest BCUT2D eigenvalue weighted by Gasteiger charge is -2.12. The molecule has 0 bridgehead atoms. The first-order valence-corrected chi connectivity index (χ1v) is 4.07. The SMILES string of the molecule is CCOC(=O)[C@@H](O)CCN(C)C. The van der Waals surface area contributed by atoms with E-state index in [0.717, 1.165) is 0 Å². The minimum Gasteiger partial charge on any atom is -0.464 e. The zero-order valence-electron chi connectivity index (χ0n) is 7.91. The molecule has 0 aromatic rings. The fraction of sp³-hybridized carbons (Fsp3) is 0.875. The molecule has 0 aromatic carbocycles. The summed E-state index contributed by atoms with van der Waals surface area (Å²) in [5, 5.41) is 9.20. The Morgan fingerprint density at radius 2 is 2.17 bits per heavy atom. The third kappa shape index (κ3) is 5.09. The fourth-order valence-corrected chi connectivity index (χ4v) is 0.737. The summed E-state index contributed by atoms with van der Waals surface area (Å²) in [5.41, 5.74) is 0. The predicted molar refractivity (Wildman–Crippen MR) is 45.8 cm³/mol. The number of rotatable bonds is 5. The summed E-state index contributed by atoms with van der Waals surface area (Å²) in [6.07, 6.45) is -0.557. The molecule has 0 unspecified atom stereocenters. The van der Waals surface area contributed by atoms with E-state index >= 15 is 0 Å². The van der Waals surface area contributed by atoms with E-state index in [1.807, 2.05) is 19.0 Å². The van der Waals surface area contributed by atoms with Crippen LogP contribution in [0.1, 0.15) is 13.3 Å². The summed E-state index contributed by atoms with van der Waals surface area (Å²) in [7, 11) is 3.77. The monoisotopic (exact) mass is 175 g/mol. The number of ether oxygens (including phenoxy) is 1. The Bertz CT molecular complexity index is 136. The Morgan fingerprint density at radius 3 is 2.58 bits per heavy atom. The van der Waals surface area contributed by atoms with Gasteiger partial charge in [0.1, 0.15) is 0 Å². The number of nitrogens with zero attached hydrogens (tertiary/aromatic N) is 1. The second-order valence-electron chi connectivity index (χ2n) is 2.86. The highest BCUT2D eigenvalue weighted by Gasteiger charge is 2.15. The molecule has 72 valence electrons. The summed E-state index contributed by atoms with van der Waals surface area (Å²) in [6.45, 7) is 2.72. The Kier molecular flexibility index (Phi) is 5.66. The number of carbonyl (C=O) groups is 1. The summed E-state index contributed by atoms with van der Waals surface area (Å²) in [5.74, 6) is -0.528. The van der Waals surface area contributed by atoms with Gasteiger partial charge in [-0.25, -0.2) is 4.79 Å². The molecule has 0 spiro atoms. The van der Waals surface area contributed by atoms with Gasteiger partial charge in [0.15, 0.2) is 6.10 Å². The van der Waals surface area contributed by atoms with Crippen LogP contribution in [0.3, 0.4) is 0 Å². The molecule has 0 saturated heterocycles. The Balaban J connectivity index is 3.56. The maximum Gasteiger partial charge on any atom is 0.334 e. The first kappa shape index (κ1) is 11.4.